The molecule has 2 rings (SSSR count). The fraction of sp³-hybridized carbons (Fsp3) is 0.500. The molecule has 4 heteroatoms. The van der Waals surface area contributed by atoms with Crippen molar-refractivity contribution in [3.8, 4) is 0 Å². The third-order valence-corrected chi connectivity index (χ3v) is 3.11. The highest BCUT2D eigenvalue weighted by Crippen LogP contribution is 2.36. The summed E-state index contributed by atoms with van der Waals surface area (Å²) < 4.78 is 5.13. The van der Waals surface area contributed by atoms with E-state index in [1.165, 1.54) is 12.8 Å². The predicted octanol–water partition coefficient (Wildman–Crippen LogP) is 2.54. The molecule has 0 heterocycles. The van der Waals surface area contributed by atoms with Crippen molar-refractivity contribution >= 4 is 23.0 Å². The molecule has 0 radical (unpaired) electrons. The lowest BCUT2D eigenvalue weighted by atomic mass is 10.2. The molecule has 0 bridgehead atoms. The number of rotatable bonds is 5. The van der Waals surface area contributed by atoms with Crippen LogP contribution in [0, 0.1) is 0 Å². The average molecular weight is 241 g/mol. The van der Waals surface area contributed by atoms with Gasteiger partial charge in [-0.3, -0.25) is 0 Å². The molecule has 0 spiro atoms. The van der Waals surface area contributed by atoms with Crippen LogP contribution < -0.4 is 10.6 Å². The van der Waals surface area contributed by atoms with E-state index in [-0.39, 0.29) is 0 Å². The van der Waals surface area contributed by atoms with Crippen LogP contribution in [0.2, 0.25) is 5.02 Å². The van der Waals surface area contributed by atoms with Gasteiger partial charge in [0.25, 0.3) is 0 Å². The van der Waals surface area contributed by atoms with Crippen molar-refractivity contribution in [2.75, 3.05) is 30.9 Å². The van der Waals surface area contributed by atoms with Gasteiger partial charge in [-0.25, -0.2) is 0 Å². The molecular weight excluding hydrogens is 224 g/mol. The summed E-state index contributed by atoms with van der Waals surface area (Å²) in [5, 5.41) is 0.725. The Morgan fingerprint density at radius 2 is 2.25 bits per heavy atom. The second-order valence-electron chi connectivity index (χ2n) is 4.13. The van der Waals surface area contributed by atoms with Crippen LogP contribution in [0.25, 0.3) is 0 Å². The maximum atomic E-state index is 6.21. The van der Waals surface area contributed by atoms with Crippen molar-refractivity contribution in [3.05, 3.63) is 23.2 Å². The number of hydrogen-bond donors (Lipinski definition) is 1. The van der Waals surface area contributed by atoms with Crippen LogP contribution in [0.1, 0.15) is 12.8 Å². The molecule has 1 aromatic rings. The smallest absolute Gasteiger partial charge is 0.0660 e. The van der Waals surface area contributed by atoms with Crippen LogP contribution in [-0.4, -0.2) is 26.3 Å². The van der Waals surface area contributed by atoms with Crippen LogP contribution in [0.15, 0.2) is 18.2 Å². The number of methoxy groups -OCH3 is 1. The van der Waals surface area contributed by atoms with E-state index < -0.39 is 0 Å². The Morgan fingerprint density at radius 1 is 1.50 bits per heavy atom. The molecule has 16 heavy (non-hydrogen) atoms. The Morgan fingerprint density at radius 3 is 2.81 bits per heavy atom. The van der Waals surface area contributed by atoms with E-state index in [9.17, 15) is 0 Å². The molecule has 2 N–H and O–H groups in total. The van der Waals surface area contributed by atoms with Crippen LogP contribution >= 0.6 is 11.6 Å². The summed E-state index contributed by atoms with van der Waals surface area (Å²) >= 11 is 6.21. The maximum absolute atomic E-state index is 6.21. The molecule has 0 saturated heterocycles. The van der Waals surface area contributed by atoms with Crippen molar-refractivity contribution in [2.24, 2.45) is 0 Å². The minimum atomic E-state index is 0.622. The zero-order valence-corrected chi connectivity index (χ0v) is 10.2. The van der Waals surface area contributed by atoms with Crippen molar-refractivity contribution in [1.29, 1.82) is 0 Å². The van der Waals surface area contributed by atoms with Gasteiger partial charge >= 0.3 is 0 Å². The number of anilines is 2. The first-order valence-corrected chi connectivity index (χ1v) is 5.91. The summed E-state index contributed by atoms with van der Waals surface area (Å²) in [6.45, 7) is 1.60. The lowest BCUT2D eigenvalue weighted by Gasteiger charge is -2.25. The molecule has 1 aliphatic carbocycles. The van der Waals surface area contributed by atoms with E-state index in [2.05, 4.69) is 4.90 Å². The van der Waals surface area contributed by atoms with E-state index in [0.29, 0.717) is 11.7 Å². The Balaban J connectivity index is 2.17. The molecule has 1 saturated carbocycles. The van der Waals surface area contributed by atoms with Gasteiger partial charge in [-0.1, -0.05) is 11.6 Å². The Kier molecular flexibility index (Phi) is 3.56. The molecule has 1 aromatic carbocycles. The van der Waals surface area contributed by atoms with Gasteiger partial charge in [-0.15, -0.1) is 0 Å². The third-order valence-electron chi connectivity index (χ3n) is 2.81. The topological polar surface area (TPSA) is 38.5 Å². The zero-order chi connectivity index (χ0) is 11.5. The molecule has 0 amide bonds. The van der Waals surface area contributed by atoms with E-state index >= 15 is 0 Å². The third kappa shape index (κ3) is 2.60. The second kappa shape index (κ2) is 4.93. The number of ether oxygens (including phenoxy) is 1. The fourth-order valence-electron chi connectivity index (χ4n) is 1.83. The maximum Gasteiger partial charge on any atom is 0.0660 e. The molecule has 1 fully saturated rings. The Hall–Kier alpha value is -0.930. The number of nitrogen functional groups attached to an aromatic ring is 1. The lowest BCUT2D eigenvalue weighted by molar-refractivity contribution is 0.205. The van der Waals surface area contributed by atoms with Gasteiger partial charge in [0.1, 0.15) is 0 Å². The molecule has 0 atom stereocenters. The predicted molar refractivity (Wildman–Crippen MR) is 68.1 cm³/mol. The van der Waals surface area contributed by atoms with Crippen LogP contribution in [-0.2, 0) is 4.74 Å². The van der Waals surface area contributed by atoms with Crippen LogP contribution in [0.4, 0.5) is 11.4 Å². The van der Waals surface area contributed by atoms with Gasteiger partial charge in [-0.2, -0.15) is 0 Å². The van der Waals surface area contributed by atoms with E-state index in [1.807, 2.05) is 12.1 Å². The van der Waals surface area contributed by atoms with Gasteiger partial charge in [0.2, 0.25) is 0 Å². The molecule has 0 aromatic heterocycles. The summed E-state index contributed by atoms with van der Waals surface area (Å²) in [5.41, 5.74) is 7.46. The first-order valence-electron chi connectivity index (χ1n) is 5.53. The highest BCUT2D eigenvalue weighted by atomic mass is 35.5. The van der Waals surface area contributed by atoms with Gasteiger partial charge in [0.15, 0.2) is 0 Å². The average Bonchev–Trinajstić information content (AvgIpc) is 3.05. The lowest BCUT2D eigenvalue weighted by Crippen LogP contribution is -2.29. The minimum absolute atomic E-state index is 0.622. The number of nitrogens with zero attached hydrogens (tertiary/aromatic N) is 1. The van der Waals surface area contributed by atoms with Gasteiger partial charge in [0.05, 0.1) is 17.3 Å². The molecule has 88 valence electrons. The molecule has 0 unspecified atom stereocenters. The number of nitrogens with two attached hydrogens (primary N) is 1. The molecular formula is C12H17ClN2O. The number of hydrogen-bond acceptors (Lipinski definition) is 3. The molecule has 1 aliphatic rings. The number of halogens is 1. The first-order chi connectivity index (χ1) is 7.72. The summed E-state index contributed by atoms with van der Waals surface area (Å²) in [4.78, 5) is 2.31. The summed E-state index contributed by atoms with van der Waals surface area (Å²) in [6, 6.07) is 6.31. The Labute approximate surface area is 101 Å². The van der Waals surface area contributed by atoms with E-state index in [4.69, 9.17) is 22.1 Å². The summed E-state index contributed by atoms with van der Waals surface area (Å²) in [7, 11) is 1.72. The highest BCUT2D eigenvalue weighted by molar-refractivity contribution is 6.33. The number of benzene rings is 1. The largest absolute Gasteiger partial charge is 0.399 e. The van der Waals surface area contributed by atoms with Gasteiger partial charge in [-0.05, 0) is 31.0 Å². The SMILES string of the molecule is COCCN(c1ccc(N)cc1Cl)C1CC1. The van der Waals surface area contributed by atoms with Gasteiger partial charge < -0.3 is 15.4 Å². The van der Waals surface area contributed by atoms with Crippen molar-refractivity contribution in [3.63, 3.8) is 0 Å². The Bertz CT molecular complexity index is 366. The van der Waals surface area contributed by atoms with Crippen LogP contribution in [0.5, 0.6) is 0 Å². The second-order valence-corrected chi connectivity index (χ2v) is 4.54. The highest BCUT2D eigenvalue weighted by Gasteiger charge is 2.29. The van der Waals surface area contributed by atoms with Crippen molar-refractivity contribution in [2.45, 2.75) is 18.9 Å². The van der Waals surface area contributed by atoms with Gasteiger partial charge in [0, 0.05) is 25.4 Å². The minimum Gasteiger partial charge on any atom is -0.399 e. The quantitative estimate of drug-likeness (QED) is 0.804. The van der Waals surface area contributed by atoms with E-state index in [0.717, 1.165) is 23.9 Å². The zero-order valence-electron chi connectivity index (χ0n) is 9.45. The standard InChI is InChI=1S/C12H17ClN2O/c1-16-7-6-15(10-3-4-10)12-5-2-9(14)8-11(12)13/h2,5,8,10H,3-4,6-7,14H2,1H3. The molecule has 0 aliphatic heterocycles. The van der Waals surface area contributed by atoms with E-state index in [1.54, 1.807) is 13.2 Å². The normalized spacial score (nSPS) is 15.1. The summed E-state index contributed by atoms with van der Waals surface area (Å²) in [6.07, 6.45) is 2.48. The van der Waals surface area contributed by atoms with Crippen molar-refractivity contribution < 1.29 is 4.74 Å². The first kappa shape index (κ1) is 11.6. The van der Waals surface area contributed by atoms with Crippen molar-refractivity contribution in [1.82, 2.24) is 0 Å². The summed E-state index contributed by atoms with van der Waals surface area (Å²) in [5.74, 6) is 0. The monoisotopic (exact) mass is 240 g/mol. The molecule has 3 nitrogen and oxygen atoms in total. The fourth-order valence-corrected chi connectivity index (χ4v) is 2.13. The van der Waals surface area contributed by atoms with Crippen LogP contribution in [0.3, 0.4) is 0 Å².